The normalized spacial score (nSPS) is 12.6. The molecule has 0 bridgehead atoms. The molecule has 6 N–H and O–H groups in total. The van der Waals surface area contributed by atoms with Crippen molar-refractivity contribution in [2.75, 3.05) is 11.5 Å². The van der Waals surface area contributed by atoms with E-state index in [1.54, 1.807) is 0 Å². The lowest BCUT2D eigenvalue weighted by molar-refractivity contribution is -0.288. The van der Waals surface area contributed by atoms with E-state index >= 15 is 0 Å². The summed E-state index contributed by atoms with van der Waals surface area (Å²) in [6.07, 6.45) is -12.4. The van der Waals surface area contributed by atoms with E-state index in [1.807, 2.05) is 0 Å². The Morgan fingerprint density at radius 3 is 1.24 bits per heavy atom. The van der Waals surface area contributed by atoms with Gasteiger partial charge in [-0.05, 0) is 35.4 Å². The quantitative estimate of drug-likeness (QED) is 0.440. The first-order valence-electron chi connectivity index (χ1n) is 7.54. The van der Waals surface area contributed by atoms with Crippen LogP contribution in [0.1, 0.15) is 31.8 Å². The van der Waals surface area contributed by atoms with E-state index in [-0.39, 0.29) is 12.1 Å². The van der Waals surface area contributed by atoms with Gasteiger partial charge in [-0.25, -0.2) is 9.59 Å². The summed E-state index contributed by atoms with van der Waals surface area (Å²) in [4.78, 5) is 22.9. The second-order valence-corrected chi connectivity index (χ2v) is 5.97. The highest BCUT2D eigenvalue weighted by atomic mass is 19.4. The maximum atomic E-state index is 14.2. The second kappa shape index (κ2) is 6.87. The van der Waals surface area contributed by atoms with Crippen molar-refractivity contribution < 1.29 is 46.1 Å². The minimum Gasteiger partial charge on any atom is -0.478 e. The van der Waals surface area contributed by atoms with Crippen molar-refractivity contribution in [1.29, 1.82) is 0 Å². The molecule has 156 valence electrons. The molecule has 0 aliphatic carbocycles. The fourth-order valence-corrected chi connectivity index (χ4v) is 3.05. The van der Waals surface area contributed by atoms with E-state index in [0.29, 0.717) is 24.3 Å². The Hall–Kier alpha value is -3.44. The number of hydrogen-bond acceptors (Lipinski definition) is 4. The molecule has 0 heterocycles. The number of hydrogen-bond donors (Lipinski definition) is 4. The van der Waals surface area contributed by atoms with Gasteiger partial charge in [0.15, 0.2) is 0 Å². The lowest BCUT2D eigenvalue weighted by Gasteiger charge is -2.39. The van der Waals surface area contributed by atoms with Gasteiger partial charge in [0, 0.05) is 11.4 Å². The van der Waals surface area contributed by atoms with Gasteiger partial charge in [-0.1, -0.05) is 12.1 Å². The van der Waals surface area contributed by atoms with Gasteiger partial charge >= 0.3 is 24.3 Å². The van der Waals surface area contributed by atoms with Gasteiger partial charge in [0.2, 0.25) is 5.41 Å². The number of alkyl halides is 6. The summed E-state index contributed by atoms with van der Waals surface area (Å²) in [6, 6.07) is 2.71. The van der Waals surface area contributed by atoms with Gasteiger partial charge in [-0.15, -0.1) is 0 Å². The smallest absolute Gasteiger partial charge is 0.411 e. The van der Waals surface area contributed by atoms with Crippen LogP contribution in [0.5, 0.6) is 0 Å². The van der Waals surface area contributed by atoms with Crippen molar-refractivity contribution in [2.24, 2.45) is 0 Å². The Balaban J connectivity index is 3.19. The summed E-state index contributed by atoms with van der Waals surface area (Å²) in [7, 11) is 0. The first-order valence-corrected chi connectivity index (χ1v) is 7.54. The zero-order valence-electron chi connectivity index (χ0n) is 14.1. The minimum atomic E-state index is -6.19. The number of carboxylic acids is 2. The molecule has 0 radical (unpaired) electrons. The number of rotatable bonds is 4. The molecule has 0 atom stereocenters. The van der Waals surface area contributed by atoms with Crippen LogP contribution >= 0.6 is 0 Å². The molecule has 2 aromatic carbocycles. The zero-order chi connectivity index (χ0) is 22.4. The van der Waals surface area contributed by atoms with E-state index in [1.165, 1.54) is 0 Å². The SMILES string of the molecule is Nc1ccc(C(c2ccc(N)cc2C(=O)O)(C(F)(F)F)C(F)(F)F)c(C(=O)O)c1. The van der Waals surface area contributed by atoms with Gasteiger partial charge in [-0.2, -0.15) is 26.3 Å². The Morgan fingerprint density at radius 1 is 0.690 bits per heavy atom. The monoisotopic (exact) mass is 422 g/mol. The summed E-state index contributed by atoms with van der Waals surface area (Å²) in [5.41, 5.74) is -1.36. The van der Waals surface area contributed by atoms with Crippen LogP contribution in [-0.4, -0.2) is 34.5 Å². The molecule has 2 rings (SSSR count). The third-order valence-electron chi connectivity index (χ3n) is 4.21. The van der Waals surface area contributed by atoms with Crippen molar-refractivity contribution in [3.8, 4) is 0 Å². The minimum absolute atomic E-state index is 0.266. The molecule has 12 heteroatoms. The van der Waals surface area contributed by atoms with Crippen LogP contribution in [0.3, 0.4) is 0 Å². The van der Waals surface area contributed by atoms with Crippen molar-refractivity contribution in [2.45, 2.75) is 17.8 Å². The molecule has 0 unspecified atom stereocenters. The molecule has 2 aromatic rings. The number of carboxylic acid groups (broad SMARTS) is 2. The molecule has 0 aromatic heterocycles. The largest absolute Gasteiger partial charge is 0.478 e. The molecule has 0 amide bonds. The van der Waals surface area contributed by atoms with Crippen LogP contribution in [0.15, 0.2) is 36.4 Å². The van der Waals surface area contributed by atoms with Gasteiger partial charge in [0.1, 0.15) is 0 Å². The molecule has 0 saturated heterocycles. The molecule has 29 heavy (non-hydrogen) atoms. The van der Waals surface area contributed by atoms with E-state index in [9.17, 15) is 46.1 Å². The number of benzene rings is 2. The summed E-state index contributed by atoms with van der Waals surface area (Å²) in [5.74, 6) is -4.23. The van der Waals surface area contributed by atoms with Crippen molar-refractivity contribution in [3.63, 3.8) is 0 Å². The van der Waals surface area contributed by atoms with Crippen molar-refractivity contribution >= 4 is 23.3 Å². The molecule has 0 spiro atoms. The molecule has 0 aliphatic heterocycles. The highest BCUT2D eigenvalue weighted by Gasteiger charge is 2.74. The van der Waals surface area contributed by atoms with Crippen LogP contribution in [0, 0.1) is 0 Å². The summed E-state index contributed by atoms with van der Waals surface area (Å²) in [5, 5.41) is 18.5. The van der Waals surface area contributed by atoms with Crippen LogP contribution in [-0.2, 0) is 5.41 Å². The number of nitrogens with two attached hydrogens (primary N) is 2. The van der Waals surface area contributed by atoms with Gasteiger partial charge in [0.25, 0.3) is 0 Å². The highest BCUT2D eigenvalue weighted by molar-refractivity contribution is 5.94. The third kappa shape index (κ3) is 3.41. The summed E-state index contributed by atoms with van der Waals surface area (Å²) < 4.78 is 85.0. The Morgan fingerprint density at radius 2 is 1.00 bits per heavy atom. The average Bonchev–Trinajstić information content (AvgIpc) is 2.54. The molecular formula is C17H12F6N2O4. The fourth-order valence-electron chi connectivity index (χ4n) is 3.05. The second-order valence-electron chi connectivity index (χ2n) is 5.97. The maximum absolute atomic E-state index is 14.2. The Kier molecular flexibility index (Phi) is 5.17. The van der Waals surface area contributed by atoms with Crippen LogP contribution in [0.25, 0.3) is 0 Å². The number of aromatic carboxylic acids is 2. The number of nitrogen functional groups attached to an aromatic ring is 2. The Labute approximate surface area is 158 Å². The van der Waals surface area contributed by atoms with E-state index in [4.69, 9.17) is 11.5 Å². The molecule has 0 aliphatic rings. The van der Waals surface area contributed by atoms with Crippen LogP contribution in [0.2, 0.25) is 0 Å². The summed E-state index contributed by atoms with van der Waals surface area (Å²) in [6.45, 7) is 0. The summed E-state index contributed by atoms with van der Waals surface area (Å²) >= 11 is 0. The number of halogens is 6. The van der Waals surface area contributed by atoms with Gasteiger partial charge < -0.3 is 21.7 Å². The molecule has 0 fully saturated rings. The average molecular weight is 422 g/mol. The van der Waals surface area contributed by atoms with Gasteiger partial charge in [0.05, 0.1) is 11.1 Å². The standard InChI is InChI=1S/C17H12F6N2O4/c18-16(19,20)15(17(21,22)23,11-3-1-7(24)5-9(11)13(26)27)12-4-2-8(25)6-10(12)14(28)29/h1-6H,24-25H2,(H,26,27)(H,28,29). The molecular weight excluding hydrogens is 410 g/mol. The van der Waals surface area contributed by atoms with E-state index in [2.05, 4.69) is 0 Å². The van der Waals surface area contributed by atoms with E-state index < -0.39 is 63.3 Å². The fraction of sp³-hybridized carbons (Fsp3) is 0.176. The predicted molar refractivity (Wildman–Crippen MR) is 88.5 cm³/mol. The van der Waals surface area contributed by atoms with Crippen molar-refractivity contribution in [1.82, 2.24) is 0 Å². The first-order chi connectivity index (χ1) is 13.1. The van der Waals surface area contributed by atoms with Gasteiger partial charge in [-0.3, -0.25) is 0 Å². The maximum Gasteiger partial charge on any atom is 0.411 e. The highest BCUT2D eigenvalue weighted by Crippen LogP contribution is 2.58. The number of anilines is 2. The predicted octanol–water partition coefficient (Wildman–Crippen LogP) is 3.66. The number of carbonyl (C=O) groups is 2. The van der Waals surface area contributed by atoms with Crippen molar-refractivity contribution in [3.05, 3.63) is 58.7 Å². The van der Waals surface area contributed by atoms with E-state index in [0.717, 1.165) is 0 Å². The van der Waals surface area contributed by atoms with Crippen LogP contribution in [0.4, 0.5) is 37.7 Å². The first kappa shape index (κ1) is 21.9. The van der Waals surface area contributed by atoms with Crippen LogP contribution < -0.4 is 11.5 Å². The zero-order valence-corrected chi connectivity index (χ0v) is 14.1. The molecule has 0 saturated carbocycles. The topological polar surface area (TPSA) is 127 Å². The Bertz CT molecular complexity index is 905. The lowest BCUT2D eigenvalue weighted by Crippen LogP contribution is -2.56. The molecule has 6 nitrogen and oxygen atoms in total. The third-order valence-corrected chi connectivity index (χ3v) is 4.21. The lowest BCUT2D eigenvalue weighted by atomic mass is 9.69.